The van der Waals surface area contributed by atoms with Gasteiger partial charge >= 0.3 is 0 Å². The molecule has 1 aromatic heterocycles. The number of non-ortho nitro benzene ring substituents is 1. The lowest BCUT2D eigenvalue weighted by molar-refractivity contribution is -0.383. The van der Waals surface area contributed by atoms with Crippen LogP contribution in [0.1, 0.15) is 5.56 Å². The SMILES string of the molecule is O=[N+]([O-])c1cccc2[nH]c(NCc3ccccc3)nc12. The first-order valence-electron chi connectivity index (χ1n) is 6.15. The molecule has 2 aromatic carbocycles. The van der Waals surface area contributed by atoms with Crippen molar-refractivity contribution in [1.82, 2.24) is 9.97 Å². The molecule has 100 valence electrons. The molecule has 1 heterocycles. The lowest BCUT2D eigenvalue weighted by atomic mass is 10.2. The number of hydrogen-bond acceptors (Lipinski definition) is 4. The van der Waals surface area contributed by atoms with Crippen LogP contribution in [0.3, 0.4) is 0 Å². The Kier molecular flexibility index (Phi) is 3.04. The largest absolute Gasteiger partial charge is 0.352 e. The smallest absolute Gasteiger partial charge is 0.297 e. The van der Waals surface area contributed by atoms with Gasteiger partial charge < -0.3 is 10.3 Å². The summed E-state index contributed by atoms with van der Waals surface area (Å²) < 4.78 is 0. The number of H-pyrrole nitrogens is 1. The van der Waals surface area contributed by atoms with Crippen LogP contribution in [-0.2, 0) is 6.54 Å². The zero-order valence-electron chi connectivity index (χ0n) is 10.5. The Labute approximate surface area is 114 Å². The van der Waals surface area contributed by atoms with Gasteiger partial charge in [-0.3, -0.25) is 10.1 Å². The van der Waals surface area contributed by atoms with E-state index < -0.39 is 4.92 Å². The number of fused-ring (bicyclic) bond motifs is 1. The van der Waals surface area contributed by atoms with Gasteiger partial charge in [0.15, 0.2) is 5.52 Å². The van der Waals surface area contributed by atoms with E-state index in [2.05, 4.69) is 15.3 Å². The Balaban J connectivity index is 1.86. The van der Waals surface area contributed by atoms with Crippen LogP contribution in [0.15, 0.2) is 48.5 Å². The highest BCUT2D eigenvalue weighted by Gasteiger charge is 2.15. The summed E-state index contributed by atoms with van der Waals surface area (Å²) in [5.74, 6) is 0.526. The van der Waals surface area contributed by atoms with Crippen molar-refractivity contribution < 1.29 is 4.92 Å². The van der Waals surface area contributed by atoms with Crippen molar-refractivity contribution >= 4 is 22.7 Å². The molecule has 20 heavy (non-hydrogen) atoms. The molecule has 0 atom stereocenters. The number of benzene rings is 2. The topological polar surface area (TPSA) is 83.8 Å². The highest BCUT2D eigenvalue weighted by atomic mass is 16.6. The van der Waals surface area contributed by atoms with Gasteiger partial charge in [0, 0.05) is 12.6 Å². The first-order valence-corrected chi connectivity index (χ1v) is 6.15. The molecular weight excluding hydrogens is 256 g/mol. The number of nitrogens with zero attached hydrogens (tertiary/aromatic N) is 2. The number of aromatic amines is 1. The molecule has 0 radical (unpaired) electrons. The van der Waals surface area contributed by atoms with E-state index >= 15 is 0 Å². The summed E-state index contributed by atoms with van der Waals surface area (Å²) >= 11 is 0. The fourth-order valence-corrected chi connectivity index (χ4v) is 2.03. The molecule has 2 N–H and O–H groups in total. The van der Waals surface area contributed by atoms with Crippen LogP contribution >= 0.6 is 0 Å². The van der Waals surface area contributed by atoms with Crippen molar-refractivity contribution in [1.29, 1.82) is 0 Å². The van der Waals surface area contributed by atoms with E-state index in [0.29, 0.717) is 23.5 Å². The standard InChI is InChI=1S/C14H12N4O2/c19-18(20)12-8-4-7-11-13(12)17-14(16-11)15-9-10-5-2-1-3-6-10/h1-8H,9H2,(H2,15,16,17). The number of aromatic nitrogens is 2. The molecule has 0 amide bonds. The second-order valence-electron chi connectivity index (χ2n) is 4.35. The summed E-state index contributed by atoms with van der Waals surface area (Å²) in [6, 6.07) is 14.7. The van der Waals surface area contributed by atoms with Gasteiger partial charge in [0.1, 0.15) is 0 Å². The number of nitro benzene ring substituents is 1. The average molecular weight is 268 g/mol. The van der Waals surface area contributed by atoms with Crippen molar-refractivity contribution in [3.05, 3.63) is 64.2 Å². The molecule has 0 aliphatic heterocycles. The molecule has 0 spiro atoms. The molecule has 0 unspecified atom stereocenters. The molecule has 0 bridgehead atoms. The first-order chi connectivity index (χ1) is 9.74. The van der Waals surface area contributed by atoms with Gasteiger partial charge in [-0.15, -0.1) is 0 Å². The van der Waals surface area contributed by atoms with Gasteiger partial charge in [-0.1, -0.05) is 36.4 Å². The Bertz CT molecular complexity index is 752. The highest BCUT2D eigenvalue weighted by molar-refractivity contribution is 5.86. The van der Waals surface area contributed by atoms with Crippen molar-refractivity contribution in [2.45, 2.75) is 6.54 Å². The van der Waals surface area contributed by atoms with Crippen LogP contribution in [0.25, 0.3) is 11.0 Å². The lowest BCUT2D eigenvalue weighted by Crippen LogP contribution is -2.00. The van der Waals surface area contributed by atoms with E-state index in [4.69, 9.17) is 0 Å². The number of anilines is 1. The molecule has 3 rings (SSSR count). The van der Waals surface area contributed by atoms with Crippen molar-refractivity contribution in [3.63, 3.8) is 0 Å². The molecule has 0 fully saturated rings. The average Bonchev–Trinajstić information content (AvgIpc) is 2.88. The molecule has 0 saturated heterocycles. The number of para-hydroxylation sites is 1. The Hall–Kier alpha value is -2.89. The molecule has 6 nitrogen and oxygen atoms in total. The monoisotopic (exact) mass is 268 g/mol. The van der Waals surface area contributed by atoms with Gasteiger partial charge in [0.2, 0.25) is 5.95 Å². The minimum Gasteiger partial charge on any atom is -0.352 e. The van der Waals surface area contributed by atoms with E-state index in [1.54, 1.807) is 12.1 Å². The van der Waals surface area contributed by atoms with Crippen LogP contribution in [0.2, 0.25) is 0 Å². The van der Waals surface area contributed by atoms with Gasteiger partial charge in [-0.2, -0.15) is 0 Å². The predicted octanol–water partition coefficient (Wildman–Crippen LogP) is 3.08. The summed E-state index contributed by atoms with van der Waals surface area (Å²) in [7, 11) is 0. The lowest BCUT2D eigenvalue weighted by Gasteiger charge is -2.01. The first kappa shape index (κ1) is 12.2. The fraction of sp³-hybridized carbons (Fsp3) is 0.0714. The van der Waals surface area contributed by atoms with Gasteiger partial charge in [-0.25, -0.2) is 4.98 Å². The predicted molar refractivity (Wildman–Crippen MR) is 76.5 cm³/mol. The summed E-state index contributed by atoms with van der Waals surface area (Å²) in [5, 5.41) is 14.1. The number of hydrogen-bond donors (Lipinski definition) is 2. The number of nitro groups is 1. The molecule has 6 heteroatoms. The zero-order valence-corrected chi connectivity index (χ0v) is 10.5. The summed E-state index contributed by atoms with van der Waals surface area (Å²) in [5.41, 5.74) is 2.14. The second kappa shape index (κ2) is 5.00. The third-order valence-electron chi connectivity index (χ3n) is 2.99. The minimum atomic E-state index is -0.426. The van der Waals surface area contributed by atoms with Crippen LogP contribution in [0, 0.1) is 10.1 Å². The van der Waals surface area contributed by atoms with E-state index in [-0.39, 0.29) is 5.69 Å². The minimum absolute atomic E-state index is 0.00603. The summed E-state index contributed by atoms with van der Waals surface area (Å²) in [6.45, 7) is 0.606. The van der Waals surface area contributed by atoms with E-state index in [0.717, 1.165) is 5.56 Å². The normalized spacial score (nSPS) is 10.6. The molecule has 3 aromatic rings. The number of nitrogens with one attached hydrogen (secondary N) is 2. The second-order valence-corrected chi connectivity index (χ2v) is 4.35. The van der Waals surface area contributed by atoms with E-state index in [1.165, 1.54) is 6.07 Å². The summed E-state index contributed by atoms with van der Waals surface area (Å²) in [6.07, 6.45) is 0. The Morgan fingerprint density at radius 1 is 1.15 bits per heavy atom. The van der Waals surface area contributed by atoms with Crippen molar-refractivity contribution in [3.8, 4) is 0 Å². The van der Waals surface area contributed by atoms with Gasteiger partial charge in [0.05, 0.1) is 10.4 Å². The van der Waals surface area contributed by atoms with Crippen molar-refractivity contribution in [2.75, 3.05) is 5.32 Å². The summed E-state index contributed by atoms with van der Waals surface area (Å²) in [4.78, 5) is 17.8. The van der Waals surface area contributed by atoms with Crippen LogP contribution in [0.5, 0.6) is 0 Å². The van der Waals surface area contributed by atoms with Crippen LogP contribution in [0.4, 0.5) is 11.6 Å². The molecule has 0 aliphatic carbocycles. The highest BCUT2D eigenvalue weighted by Crippen LogP contribution is 2.24. The zero-order chi connectivity index (χ0) is 13.9. The van der Waals surface area contributed by atoms with E-state index in [1.807, 2.05) is 30.3 Å². The fourth-order valence-electron chi connectivity index (χ4n) is 2.03. The Morgan fingerprint density at radius 3 is 2.70 bits per heavy atom. The molecular formula is C14H12N4O2. The molecule has 0 saturated carbocycles. The third kappa shape index (κ3) is 2.31. The number of rotatable bonds is 4. The van der Waals surface area contributed by atoms with Crippen LogP contribution in [-0.4, -0.2) is 14.9 Å². The maximum atomic E-state index is 10.9. The maximum absolute atomic E-state index is 10.9. The number of imidazole rings is 1. The maximum Gasteiger partial charge on any atom is 0.297 e. The molecule has 0 aliphatic rings. The van der Waals surface area contributed by atoms with Gasteiger partial charge in [0.25, 0.3) is 5.69 Å². The Morgan fingerprint density at radius 2 is 1.95 bits per heavy atom. The van der Waals surface area contributed by atoms with E-state index in [9.17, 15) is 10.1 Å². The third-order valence-corrected chi connectivity index (χ3v) is 2.99. The quantitative estimate of drug-likeness (QED) is 0.562. The van der Waals surface area contributed by atoms with Gasteiger partial charge in [-0.05, 0) is 11.6 Å². The van der Waals surface area contributed by atoms with Crippen LogP contribution < -0.4 is 5.32 Å². The van der Waals surface area contributed by atoms with Crippen molar-refractivity contribution in [2.24, 2.45) is 0 Å².